The van der Waals surface area contributed by atoms with Crippen LogP contribution >= 0.6 is 15.9 Å². The summed E-state index contributed by atoms with van der Waals surface area (Å²) in [5.74, 6) is 0.792. The summed E-state index contributed by atoms with van der Waals surface area (Å²) in [5, 5.41) is 2.97. The second-order valence-corrected chi connectivity index (χ2v) is 5.95. The predicted octanol–water partition coefficient (Wildman–Crippen LogP) is 3.83. The molecule has 0 unspecified atom stereocenters. The van der Waals surface area contributed by atoms with Gasteiger partial charge in [0.15, 0.2) is 0 Å². The highest BCUT2D eigenvalue weighted by molar-refractivity contribution is 9.11. The first-order valence-corrected chi connectivity index (χ1v) is 7.36. The van der Waals surface area contributed by atoms with Crippen LogP contribution in [0.4, 0.5) is 10.5 Å². The van der Waals surface area contributed by atoms with E-state index in [4.69, 9.17) is 4.74 Å². The van der Waals surface area contributed by atoms with Gasteiger partial charge in [0.05, 0.1) is 13.7 Å². The molecule has 1 aromatic rings. The molecule has 1 aliphatic rings. The Kier molecular flexibility index (Phi) is 4.70. The minimum absolute atomic E-state index is 0.0780. The summed E-state index contributed by atoms with van der Waals surface area (Å²) >= 11 is 3.45. The molecular formula is C15H19BrN2O2. The molecule has 108 valence electrons. The van der Waals surface area contributed by atoms with Crippen molar-refractivity contribution in [3.8, 4) is 5.75 Å². The number of carbonyl (C=O) groups excluding carboxylic acids is 1. The molecule has 0 radical (unpaired) electrons. The Bertz CT molecular complexity index is 555. The number of halogens is 1. The number of hydrogen-bond donors (Lipinski definition) is 1. The summed E-state index contributed by atoms with van der Waals surface area (Å²) < 4.78 is 6.38. The SMILES string of the molecule is COc1cc(C)cc(NC(=O)N2CCC=C(Br)C2)c1C. The molecule has 4 nitrogen and oxygen atoms in total. The Morgan fingerprint density at radius 1 is 1.40 bits per heavy atom. The van der Waals surface area contributed by atoms with Crippen molar-refractivity contribution in [2.45, 2.75) is 20.3 Å². The fourth-order valence-corrected chi connectivity index (χ4v) is 2.77. The molecule has 0 saturated carbocycles. The Hall–Kier alpha value is -1.49. The smallest absolute Gasteiger partial charge is 0.322 e. The molecule has 20 heavy (non-hydrogen) atoms. The average Bonchev–Trinajstić information content (AvgIpc) is 2.42. The zero-order chi connectivity index (χ0) is 14.7. The van der Waals surface area contributed by atoms with Crippen molar-refractivity contribution < 1.29 is 9.53 Å². The fourth-order valence-electron chi connectivity index (χ4n) is 2.24. The first-order chi connectivity index (χ1) is 9.51. The lowest BCUT2D eigenvalue weighted by molar-refractivity contribution is 0.216. The van der Waals surface area contributed by atoms with E-state index in [2.05, 4.69) is 27.3 Å². The summed E-state index contributed by atoms with van der Waals surface area (Å²) in [4.78, 5) is 14.1. The number of urea groups is 1. The summed E-state index contributed by atoms with van der Waals surface area (Å²) in [6.07, 6.45) is 2.98. The Balaban J connectivity index is 2.15. The molecule has 0 aliphatic carbocycles. The first kappa shape index (κ1) is 14.9. The van der Waals surface area contributed by atoms with Crippen LogP contribution in [0.15, 0.2) is 22.7 Å². The maximum atomic E-state index is 12.3. The van der Waals surface area contributed by atoms with Gasteiger partial charge in [-0.1, -0.05) is 22.0 Å². The van der Waals surface area contributed by atoms with Crippen molar-refractivity contribution in [2.24, 2.45) is 0 Å². The van der Waals surface area contributed by atoms with E-state index in [0.29, 0.717) is 6.54 Å². The first-order valence-electron chi connectivity index (χ1n) is 6.57. The number of amides is 2. The quantitative estimate of drug-likeness (QED) is 0.890. The molecule has 1 aliphatic heterocycles. The number of nitrogens with zero attached hydrogens (tertiary/aromatic N) is 1. The maximum absolute atomic E-state index is 12.3. The molecule has 0 bridgehead atoms. The Morgan fingerprint density at radius 2 is 2.15 bits per heavy atom. The predicted molar refractivity (Wildman–Crippen MR) is 84.7 cm³/mol. The van der Waals surface area contributed by atoms with Crippen molar-refractivity contribution in [1.29, 1.82) is 0 Å². The Morgan fingerprint density at radius 3 is 2.80 bits per heavy atom. The maximum Gasteiger partial charge on any atom is 0.322 e. The topological polar surface area (TPSA) is 41.6 Å². The number of nitrogens with one attached hydrogen (secondary N) is 1. The number of carbonyl (C=O) groups is 1. The molecule has 2 amide bonds. The van der Waals surface area contributed by atoms with Crippen molar-refractivity contribution in [1.82, 2.24) is 4.90 Å². The summed E-state index contributed by atoms with van der Waals surface area (Å²) in [6.45, 7) is 5.29. The lowest BCUT2D eigenvalue weighted by Crippen LogP contribution is -2.38. The van der Waals surface area contributed by atoms with Crippen molar-refractivity contribution in [3.63, 3.8) is 0 Å². The van der Waals surface area contributed by atoms with Gasteiger partial charge in [0.2, 0.25) is 0 Å². The largest absolute Gasteiger partial charge is 0.496 e. The van der Waals surface area contributed by atoms with E-state index < -0.39 is 0 Å². The number of hydrogen-bond acceptors (Lipinski definition) is 2. The van der Waals surface area contributed by atoms with Gasteiger partial charge in [-0.25, -0.2) is 4.79 Å². The van der Waals surface area contributed by atoms with E-state index in [1.165, 1.54) is 0 Å². The second kappa shape index (κ2) is 6.31. The number of methoxy groups -OCH3 is 1. The highest BCUT2D eigenvalue weighted by atomic mass is 79.9. The van der Waals surface area contributed by atoms with Gasteiger partial charge in [-0.05, 0) is 38.0 Å². The van der Waals surface area contributed by atoms with Crippen LogP contribution in [-0.4, -0.2) is 31.1 Å². The molecule has 1 N–H and O–H groups in total. The van der Waals surface area contributed by atoms with Gasteiger partial charge in [-0.2, -0.15) is 0 Å². The minimum Gasteiger partial charge on any atom is -0.496 e. The highest BCUT2D eigenvalue weighted by Crippen LogP contribution is 2.28. The molecule has 5 heteroatoms. The molecule has 0 spiro atoms. The van der Waals surface area contributed by atoms with Gasteiger partial charge in [0, 0.05) is 22.3 Å². The third-order valence-corrected chi connectivity index (χ3v) is 3.93. The van der Waals surface area contributed by atoms with E-state index in [1.807, 2.05) is 26.0 Å². The monoisotopic (exact) mass is 338 g/mol. The Labute approximate surface area is 127 Å². The van der Waals surface area contributed by atoms with Crippen LogP contribution in [0.2, 0.25) is 0 Å². The molecule has 1 aromatic carbocycles. The van der Waals surface area contributed by atoms with E-state index in [1.54, 1.807) is 12.0 Å². The number of ether oxygens (including phenoxy) is 1. The third-order valence-electron chi connectivity index (χ3n) is 3.36. The lowest BCUT2D eigenvalue weighted by atomic mass is 10.1. The van der Waals surface area contributed by atoms with Gasteiger partial charge >= 0.3 is 6.03 Å². The molecule has 0 saturated heterocycles. The van der Waals surface area contributed by atoms with Crippen LogP contribution in [0.3, 0.4) is 0 Å². The third kappa shape index (κ3) is 3.33. The zero-order valence-corrected chi connectivity index (χ0v) is 13.6. The van der Waals surface area contributed by atoms with Crippen LogP contribution in [0, 0.1) is 13.8 Å². The van der Waals surface area contributed by atoms with Gasteiger partial charge in [-0.3, -0.25) is 0 Å². The van der Waals surface area contributed by atoms with Crippen LogP contribution in [-0.2, 0) is 0 Å². The van der Waals surface area contributed by atoms with E-state index >= 15 is 0 Å². The van der Waals surface area contributed by atoms with Crippen LogP contribution in [0.5, 0.6) is 5.75 Å². The van der Waals surface area contributed by atoms with Gasteiger partial charge in [0.1, 0.15) is 5.75 Å². The highest BCUT2D eigenvalue weighted by Gasteiger charge is 2.18. The van der Waals surface area contributed by atoms with Crippen molar-refractivity contribution >= 4 is 27.6 Å². The van der Waals surface area contributed by atoms with E-state index in [9.17, 15) is 4.79 Å². The van der Waals surface area contributed by atoms with Crippen LogP contribution in [0.25, 0.3) is 0 Å². The standard InChI is InChI=1S/C15H19BrN2O2/c1-10-7-13(11(2)14(8-10)20-3)17-15(19)18-6-4-5-12(16)9-18/h5,7-8H,4,6,9H2,1-3H3,(H,17,19). The van der Waals surface area contributed by atoms with Gasteiger partial charge in [0.25, 0.3) is 0 Å². The summed E-state index contributed by atoms with van der Waals surface area (Å²) in [6, 6.07) is 3.85. The molecular weight excluding hydrogens is 320 g/mol. The lowest BCUT2D eigenvalue weighted by Gasteiger charge is -2.26. The number of rotatable bonds is 2. The van der Waals surface area contributed by atoms with Crippen molar-refractivity contribution in [3.05, 3.63) is 33.8 Å². The number of aryl methyl sites for hydroxylation is 1. The minimum atomic E-state index is -0.0780. The molecule has 2 rings (SSSR count). The molecule has 0 atom stereocenters. The van der Waals surface area contributed by atoms with Crippen molar-refractivity contribution in [2.75, 3.05) is 25.5 Å². The van der Waals surface area contributed by atoms with Gasteiger partial charge in [-0.15, -0.1) is 0 Å². The normalized spacial score (nSPS) is 14.8. The van der Waals surface area contributed by atoms with Crippen LogP contribution in [0.1, 0.15) is 17.5 Å². The van der Waals surface area contributed by atoms with Crippen LogP contribution < -0.4 is 10.1 Å². The summed E-state index contributed by atoms with van der Waals surface area (Å²) in [5.41, 5.74) is 2.80. The fraction of sp³-hybridized carbons (Fsp3) is 0.400. The second-order valence-electron chi connectivity index (χ2n) is 4.93. The zero-order valence-electron chi connectivity index (χ0n) is 12.0. The van der Waals surface area contributed by atoms with E-state index in [0.717, 1.165) is 40.0 Å². The number of benzene rings is 1. The molecule has 1 heterocycles. The van der Waals surface area contributed by atoms with Gasteiger partial charge < -0.3 is 15.0 Å². The molecule has 0 aromatic heterocycles. The number of anilines is 1. The summed E-state index contributed by atoms with van der Waals surface area (Å²) in [7, 11) is 1.64. The average molecular weight is 339 g/mol. The molecule has 0 fully saturated rings. The van der Waals surface area contributed by atoms with E-state index in [-0.39, 0.29) is 6.03 Å².